The van der Waals surface area contributed by atoms with Crippen LogP contribution >= 0.6 is 0 Å². The molecular weight excluding hydrogens is 200 g/mol. The van der Waals surface area contributed by atoms with Crippen molar-refractivity contribution in [2.45, 2.75) is 63.4 Å². The molecule has 0 saturated heterocycles. The predicted octanol–water partition coefficient (Wildman–Crippen LogP) is 2.69. The highest BCUT2D eigenvalue weighted by atomic mass is 16.3. The minimum atomic E-state index is -0.612. The van der Waals surface area contributed by atoms with E-state index in [-0.39, 0.29) is 5.92 Å². The Kier molecular flexibility index (Phi) is 2.58. The maximum absolute atomic E-state index is 12.1. The summed E-state index contributed by atoms with van der Waals surface area (Å²) in [5, 5.41) is 10.9. The zero-order valence-electron chi connectivity index (χ0n) is 9.95. The predicted molar refractivity (Wildman–Crippen MR) is 62.0 cm³/mol. The molecule has 3 saturated carbocycles. The summed E-state index contributed by atoms with van der Waals surface area (Å²) < 4.78 is 0. The van der Waals surface area contributed by atoms with Crippen LogP contribution in [0.3, 0.4) is 0 Å². The fourth-order valence-electron chi connectivity index (χ4n) is 4.60. The molecule has 0 radical (unpaired) electrons. The van der Waals surface area contributed by atoms with E-state index in [1.165, 1.54) is 25.7 Å². The van der Waals surface area contributed by atoms with Crippen molar-refractivity contribution >= 4 is 5.78 Å². The molecule has 90 valence electrons. The van der Waals surface area contributed by atoms with Crippen LogP contribution in [0.4, 0.5) is 0 Å². The van der Waals surface area contributed by atoms with Gasteiger partial charge in [-0.25, -0.2) is 0 Å². The van der Waals surface area contributed by atoms with Gasteiger partial charge in [-0.05, 0) is 43.9 Å². The number of aliphatic hydroxyl groups is 1. The van der Waals surface area contributed by atoms with Crippen LogP contribution in [0.2, 0.25) is 0 Å². The number of ketones is 1. The first kappa shape index (κ1) is 10.8. The van der Waals surface area contributed by atoms with Gasteiger partial charge in [-0.3, -0.25) is 4.79 Å². The molecule has 1 N–H and O–H groups in total. The zero-order valence-corrected chi connectivity index (χ0v) is 9.95. The van der Waals surface area contributed by atoms with Crippen molar-refractivity contribution in [1.82, 2.24) is 0 Å². The zero-order chi connectivity index (χ0) is 11.2. The average Bonchev–Trinajstić information content (AvgIpc) is 2.26. The van der Waals surface area contributed by atoms with Crippen LogP contribution in [0.15, 0.2) is 0 Å². The molecule has 2 heteroatoms. The second kappa shape index (κ2) is 3.83. The van der Waals surface area contributed by atoms with Gasteiger partial charge in [0.25, 0.3) is 0 Å². The van der Waals surface area contributed by atoms with Crippen molar-refractivity contribution in [2.24, 2.45) is 17.8 Å². The fraction of sp³-hybridized carbons (Fsp3) is 0.929. The molecule has 3 aliphatic carbocycles. The summed E-state index contributed by atoms with van der Waals surface area (Å²) in [7, 11) is 0. The third-order valence-corrected chi connectivity index (χ3v) is 5.33. The van der Waals surface area contributed by atoms with Gasteiger partial charge in [0.2, 0.25) is 0 Å². The van der Waals surface area contributed by atoms with Gasteiger partial charge in [-0.2, -0.15) is 0 Å². The molecular formula is C14H22O2. The smallest absolute Gasteiger partial charge is 0.139 e. The molecule has 0 unspecified atom stereocenters. The number of carbonyl (C=O) groups is 1. The third-order valence-electron chi connectivity index (χ3n) is 5.33. The summed E-state index contributed by atoms with van der Waals surface area (Å²) in [4.78, 5) is 12.1. The molecule has 4 bridgehead atoms. The Morgan fingerprint density at radius 2 is 1.81 bits per heavy atom. The van der Waals surface area contributed by atoms with E-state index in [2.05, 4.69) is 0 Å². The van der Waals surface area contributed by atoms with Crippen LogP contribution in [0.25, 0.3) is 0 Å². The lowest BCUT2D eigenvalue weighted by atomic mass is 9.55. The molecule has 0 heterocycles. The van der Waals surface area contributed by atoms with Gasteiger partial charge in [-0.15, -0.1) is 0 Å². The van der Waals surface area contributed by atoms with Gasteiger partial charge >= 0.3 is 0 Å². The second-order valence-electron chi connectivity index (χ2n) is 6.11. The number of rotatable bonds is 0. The molecule has 0 amide bonds. The molecule has 0 aromatic heterocycles. The van der Waals surface area contributed by atoms with Crippen LogP contribution < -0.4 is 0 Å². The lowest BCUT2D eigenvalue weighted by Crippen LogP contribution is -2.57. The van der Waals surface area contributed by atoms with Crippen molar-refractivity contribution in [3.63, 3.8) is 0 Å². The molecule has 3 fully saturated rings. The topological polar surface area (TPSA) is 37.3 Å². The molecule has 0 spiro atoms. The Bertz CT molecular complexity index is 299. The molecule has 0 aliphatic heterocycles. The van der Waals surface area contributed by atoms with Gasteiger partial charge in [0, 0.05) is 12.3 Å². The van der Waals surface area contributed by atoms with Gasteiger partial charge < -0.3 is 5.11 Å². The van der Waals surface area contributed by atoms with E-state index in [1.54, 1.807) is 0 Å². The highest BCUT2D eigenvalue weighted by Crippen LogP contribution is 2.52. The lowest BCUT2D eigenvalue weighted by Gasteiger charge is -2.52. The molecule has 2 nitrogen and oxygen atoms in total. The Labute approximate surface area is 97.4 Å². The fourth-order valence-corrected chi connectivity index (χ4v) is 4.60. The summed E-state index contributed by atoms with van der Waals surface area (Å²) in [5.74, 6) is 1.28. The van der Waals surface area contributed by atoms with Gasteiger partial charge in [0.1, 0.15) is 5.78 Å². The Morgan fingerprint density at radius 1 is 1.06 bits per heavy atom. The van der Waals surface area contributed by atoms with E-state index in [0.29, 0.717) is 17.6 Å². The normalized spacial score (nSPS) is 48.3. The minimum absolute atomic E-state index is 0.000278. The van der Waals surface area contributed by atoms with E-state index in [0.717, 1.165) is 32.1 Å². The number of Topliss-reactive ketones (excluding diaryl/α,β-unsaturated/α-hetero) is 1. The summed E-state index contributed by atoms with van der Waals surface area (Å²) >= 11 is 0. The standard InChI is InChI=1S/C14H22O2/c15-12-8-7-11-6-2-1-4-10-5-3-9-14(11,16)13(10)12/h10-11,13,16H,1-9H2/t10-,11+,13+,14+/m1/s1. The largest absolute Gasteiger partial charge is 0.389 e. The van der Waals surface area contributed by atoms with Gasteiger partial charge in [-0.1, -0.05) is 19.3 Å². The van der Waals surface area contributed by atoms with Crippen molar-refractivity contribution in [2.75, 3.05) is 0 Å². The molecule has 0 aromatic rings. The van der Waals surface area contributed by atoms with E-state index in [4.69, 9.17) is 0 Å². The quantitative estimate of drug-likeness (QED) is 0.684. The minimum Gasteiger partial charge on any atom is -0.389 e. The Morgan fingerprint density at radius 3 is 2.69 bits per heavy atom. The summed E-state index contributed by atoms with van der Waals surface area (Å²) in [6, 6.07) is 0. The lowest BCUT2D eigenvalue weighted by molar-refractivity contribution is -0.167. The number of hydrogen-bond donors (Lipinski definition) is 1. The van der Waals surface area contributed by atoms with E-state index >= 15 is 0 Å². The highest BCUT2D eigenvalue weighted by molar-refractivity contribution is 5.83. The maximum Gasteiger partial charge on any atom is 0.139 e. The highest BCUT2D eigenvalue weighted by Gasteiger charge is 2.54. The maximum atomic E-state index is 12.1. The molecule has 0 aromatic carbocycles. The van der Waals surface area contributed by atoms with Crippen LogP contribution in [0, 0.1) is 17.8 Å². The van der Waals surface area contributed by atoms with Crippen LogP contribution in [-0.4, -0.2) is 16.5 Å². The monoisotopic (exact) mass is 222 g/mol. The van der Waals surface area contributed by atoms with Crippen molar-refractivity contribution in [1.29, 1.82) is 0 Å². The molecule has 3 aliphatic rings. The number of carbonyl (C=O) groups excluding carboxylic acids is 1. The van der Waals surface area contributed by atoms with Gasteiger partial charge in [0.15, 0.2) is 0 Å². The molecule has 4 atom stereocenters. The van der Waals surface area contributed by atoms with Gasteiger partial charge in [0.05, 0.1) is 5.60 Å². The van der Waals surface area contributed by atoms with Crippen molar-refractivity contribution < 1.29 is 9.90 Å². The summed E-state index contributed by atoms with van der Waals surface area (Å²) in [6.45, 7) is 0. The Hall–Kier alpha value is -0.370. The summed E-state index contributed by atoms with van der Waals surface area (Å²) in [6.07, 6.45) is 9.69. The van der Waals surface area contributed by atoms with Crippen LogP contribution in [-0.2, 0) is 4.79 Å². The first-order chi connectivity index (χ1) is 7.72. The van der Waals surface area contributed by atoms with E-state index in [9.17, 15) is 9.90 Å². The first-order valence-electron chi connectivity index (χ1n) is 6.97. The SMILES string of the molecule is O=C1CC[C@@H]2CCCC[C@@H]3CCC[C@@]2(O)[C@H]13. The summed E-state index contributed by atoms with van der Waals surface area (Å²) in [5.41, 5.74) is -0.612. The Balaban J connectivity index is 1.98. The first-order valence-corrected chi connectivity index (χ1v) is 6.97. The van der Waals surface area contributed by atoms with Crippen molar-refractivity contribution in [3.05, 3.63) is 0 Å². The van der Waals surface area contributed by atoms with E-state index in [1.807, 2.05) is 0 Å². The van der Waals surface area contributed by atoms with Crippen LogP contribution in [0.1, 0.15) is 57.8 Å². The van der Waals surface area contributed by atoms with Crippen molar-refractivity contribution in [3.8, 4) is 0 Å². The molecule has 3 rings (SSSR count). The van der Waals surface area contributed by atoms with E-state index < -0.39 is 5.60 Å². The third kappa shape index (κ3) is 1.46. The second-order valence-corrected chi connectivity index (χ2v) is 6.11. The number of hydrogen-bond acceptors (Lipinski definition) is 2. The average molecular weight is 222 g/mol. The molecule has 16 heavy (non-hydrogen) atoms. The van der Waals surface area contributed by atoms with Crippen LogP contribution in [0.5, 0.6) is 0 Å².